The van der Waals surface area contributed by atoms with Gasteiger partial charge in [-0.1, -0.05) is 20.3 Å². The number of amides is 3. The summed E-state index contributed by atoms with van der Waals surface area (Å²) in [4.78, 5) is 50.0. The highest BCUT2D eigenvalue weighted by atomic mass is 32.2. The molecule has 0 aliphatic rings. The minimum Gasteiger partial charge on any atom is -0.480 e. The summed E-state index contributed by atoms with van der Waals surface area (Å²) in [6.45, 7) is 3.70. The molecule has 0 aliphatic carbocycles. The van der Waals surface area contributed by atoms with E-state index in [1.165, 1.54) is 23.5 Å². The maximum atomic E-state index is 13.1. The van der Waals surface area contributed by atoms with Gasteiger partial charge in [-0.3, -0.25) is 14.4 Å². The molecule has 6 N–H and O–H groups in total. The lowest BCUT2D eigenvalue weighted by Crippen LogP contribution is -2.58. The molecule has 0 rings (SSSR count). The molecule has 0 saturated carbocycles. The standard InChI is InChI=1S/C21H40N4O5S3/c1-6-13(2)17(20(28)24-16(21(29)30)9-12-33-5)25-19(27)15(8-11-32-4)23-18(26)14(22)7-10-31-3/h13-17H,6-12,22H2,1-5H3,(H,23,26)(H,24,28)(H,25,27)(H,29,30). The lowest BCUT2D eigenvalue weighted by Gasteiger charge is -2.28. The summed E-state index contributed by atoms with van der Waals surface area (Å²) in [7, 11) is 0. The highest BCUT2D eigenvalue weighted by molar-refractivity contribution is 7.98. The molecule has 192 valence electrons. The molecule has 0 aromatic rings. The van der Waals surface area contributed by atoms with Gasteiger partial charge in [-0.25, -0.2) is 4.79 Å². The van der Waals surface area contributed by atoms with Gasteiger partial charge in [0.15, 0.2) is 0 Å². The van der Waals surface area contributed by atoms with Crippen molar-refractivity contribution < 1.29 is 24.3 Å². The van der Waals surface area contributed by atoms with Gasteiger partial charge in [-0.05, 0) is 61.2 Å². The van der Waals surface area contributed by atoms with Gasteiger partial charge in [0.25, 0.3) is 0 Å². The summed E-state index contributed by atoms with van der Waals surface area (Å²) >= 11 is 4.62. The fourth-order valence-corrected chi connectivity index (χ4v) is 4.30. The van der Waals surface area contributed by atoms with E-state index < -0.39 is 47.9 Å². The van der Waals surface area contributed by atoms with Crippen LogP contribution in [0.2, 0.25) is 0 Å². The quantitative estimate of drug-likeness (QED) is 0.178. The van der Waals surface area contributed by atoms with Crippen molar-refractivity contribution in [2.45, 2.75) is 63.7 Å². The fourth-order valence-electron chi connectivity index (χ4n) is 2.87. The topological polar surface area (TPSA) is 151 Å². The van der Waals surface area contributed by atoms with Crippen LogP contribution in [0.25, 0.3) is 0 Å². The van der Waals surface area contributed by atoms with Crippen LogP contribution in [0.15, 0.2) is 0 Å². The molecular formula is C21H40N4O5S3. The average Bonchev–Trinajstić information content (AvgIpc) is 2.79. The lowest BCUT2D eigenvalue weighted by molar-refractivity contribution is -0.142. The van der Waals surface area contributed by atoms with Crippen molar-refractivity contribution in [3.05, 3.63) is 0 Å². The van der Waals surface area contributed by atoms with Gasteiger partial charge in [0.1, 0.15) is 18.1 Å². The second-order valence-corrected chi connectivity index (χ2v) is 10.7. The van der Waals surface area contributed by atoms with Crippen LogP contribution >= 0.6 is 35.3 Å². The first kappa shape index (κ1) is 31.9. The van der Waals surface area contributed by atoms with Gasteiger partial charge in [-0.15, -0.1) is 0 Å². The summed E-state index contributed by atoms with van der Waals surface area (Å²) in [5.74, 6) is -0.832. The number of carboxylic acids is 1. The van der Waals surface area contributed by atoms with E-state index in [-0.39, 0.29) is 12.3 Å². The number of nitrogens with one attached hydrogen (secondary N) is 3. The Balaban J connectivity index is 5.42. The highest BCUT2D eigenvalue weighted by Gasteiger charge is 2.32. The number of hydrogen-bond donors (Lipinski definition) is 5. The Morgan fingerprint density at radius 3 is 1.76 bits per heavy atom. The van der Waals surface area contributed by atoms with E-state index in [1.807, 2.05) is 32.6 Å². The molecule has 0 aromatic heterocycles. The fraction of sp³-hybridized carbons (Fsp3) is 0.810. The highest BCUT2D eigenvalue weighted by Crippen LogP contribution is 2.11. The van der Waals surface area contributed by atoms with Gasteiger partial charge in [0.2, 0.25) is 17.7 Å². The second-order valence-electron chi connectivity index (χ2n) is 7.78. The van der Waals surface area contributed by atoms with E-state index in [2.05, 4.69) is 16.0 Å². The maximum absolute atomic E-state index is 13.1. The minimum atomic E-state index is -1.11. The first-order valence-corrected chi connectivity index (χ1v) is 15.2. The number of carboxylic acid groups (broad SMARTS) is 1. The normalized spacial score (nSPS) is 15.6. The molecule has 0 spiro atoms. The van der Waals surface area contributed by atoms with E-state index in [4.69, 9.17) is 5.73 Å². The molecule has 0 bridgehead atoms. The first-order chi connectivity index (χ1) is 15.6. The van der Waals surface area contributed by atoms with Crippen molar-refractivity contribution >= 4 is 59.0 Å². The number of thioether (sulfide) groups is 3. The Labute approximate surface area is 210 Å². The minimum absolute atomic E-state index is 0.232. The van der Waals surface area contributed by atoms with E-state index in [0.717, 1.165) is 5.75 Å². The van der Waals surface area contributed by atoms with Crippen molar-refractivity contribution in [2.75, 3.05) is 36.0 Å². The van der Waals surface area contributed by atoms with Crippen LogP contribution in [-0.2, 0) is 19.2 Å². The van der Waals surface area contributed by atoms with Crippen LogP contribution in [0, 0.1) is 5.92 Å². The van der Waals surface area contributed by atoms with Crippen molar-refractivity contribution in [3.63, 3.8) is 0 Å². The number of nitrogens with two attached hydrogens (primary N) is 1. The van der Waals surface area contributed by atoms with E-state index in [0.29, 0.717) is 30.8 Å². The van der Waals surface area contributed by atoms with Crippen molar-refractivity contribution in [1.29, 1.82) is 0 Å². The molecule has 0 heterocycles. The van der Waals surface area contributed by atoms with Crippen LogP contribution in [0.1, 0.15) is 39.5 Å². The van der Waals surface area contributed by atoms with Gasteiger partial charge in [-0.2, -0.15) is 35.3 Å². The number of rotatable bonds is 18. The van der Waals surface area contributed by atoms with Gasteiger partial charge in [0, 0.05) is 0 Å². The largest absolute Gasteiger partial charge is 0.480 e. The Morgan fingerprint density at radius 2 is 1.27 bits per heavy atom. The third kappa shape index (κ3) is 12.8. The van der Waals surface area contributed by atoms with Gasteiger partial charge < -0.3 is 26.8 Å². The molecule has 0 aromatic carbocycles. The first-order valence-electron chi connectivity index (χ1n) is 11.0. The summed E-state index contributed by atoms with van der Waals surface area (Å²) in [6.07, 6.45) is 7.44. The molecule has 0 aliphatic heterocycles. The Hall–Kier alpha value is -1.11. The number of carbonyl (C=O) groups excluding carboxylic acids is 3. The molecule has 5 atom stereocenters. The predicted octanol–water partition coefficient (Wildman–Crippen LogP) is 1.16. The molecule has 0 saturated heterocycles. The average molecular weight is 525 g/mol. The van der Waals surface area contributed by atoms with E-state index in [9.17, 15) is 24.3 Å². The molecular weight excluding hydrogens is 484 g/mol. The molecule has 5 unspecified atom stereocenters. The monoisotopic (exact) mass is 524 g/mol. The summed E-state index contributed by atoms with van der Waals surface area (Å²) in [5.41, 5.74) is 5.94. The molecule has 3 amide bonds. The van der Waals surface area contributed by atoms with Crippen LogP contribution in [-0.4, -0.2) is 89.0 Å². The van der Waals surface area contributed by atoms with Crippen LogP contribution < -0.4 is 21.7 Å². The molecule has 0 fully saturated rings. The SMILES string of the molecule is CCC(C)C(NC(=O)C(CCSC)NC(=O)C(N)CCSC)C(=O)NC(CCSC)C(=O)O. The van der Waals surface area contributed by atoms with Crippen molar-refractivity contribution in [2.24, 2.45) is 11.7 Å². The van der Waals surface area contributed by atoms with Crippen LogP contribution in [0.5, 0.6) is 0 Å². The number of carbonyl (C=O) groups is 4. The molecule has 9 nitrogen and oxygen atoms in total. The van der Waals surface area contributed by atoms with Crippen molar-refractivity contribution in [3.8, 4) is 0 Å². The summed E-state index contributed by atoms with van der Waals surface area (Å²) < 4.78 is 0. The predicted molar refractivity (Wildman–Crippen MR) is 140 cm³/mol. The zero-order chi connectivity index (χ0) is 25.4. The van der Waals surface area contributed by atoms with Crippen LogP contribution in [0.4, 0.5) is 0 Å². The Bertz CT molecular complexity index is 627. The molecule has 0 radical (unpaired) electrons. The number of hydrogen-bond acceptors (Lipinski definition) is 8. The van der Waals surface area contributed by atoms with Crippen LogP contribution in [0.3, 0.4) is 0 Å². The smallest absolute Gasteiger partial charge is 0.326 e. The van der Waals surface area contributed by atoms with Gasteiger partial charge in [0.05, 0.1) is 6.04 Å². The maximum Gasteiger partial charge on any atom is 0.326 e. The van der Waals surface area contributed by atoms with Gasteiger partial charge >= 0.3 is 5.97 Å². The van der Waals surface area contributed by atoms with E-state index in [1.54, 1.807) is 11.8 Å². The summed E-state index contributed by atoms with van der Waals surface area (Å²) in [5, 5.41) is 17.5. The van der Waals surface area contributed by atoms with E-state index >= 15 is 0 Å². The summed E-state index contributed by atoms with van der Waals surface area (Å²) in [6, 6.07) is -3.51. The lowest BCUT2D eigenvalue weighted by atomic mass is 9.97. The third-order valence-electron chi connectivity index (χ3n) is 5.23. The Morgan fingerprint density at radius 1 is 0.788 bits per heavy atom. The van der Waals surface area contributed by atoms with Crippen molar-refractivity contribution in [1.82, 2.24) is 16.0 Å². The zero-order valence-electron chi connectivity index (χ0n) is 20.2. The molecule has 33 heavy (non-hydrogen) atoms. The Kier molecular flexibility index (Phi) is 17.6. The zero-order valence-corrected chi connectivity index (χ0v) is 22.7. The second kappa shape index (κ2) is 18.2. The molecule has 12 heteroatoms. The number of aliphatic carboxylic acids is 1. The third-order valence-corrected chi connectivity index (χ3v) is 7.16.